The lowest BCUT2D eigenvalue weighted by Gasteiger charge is -2.12. The molecule has 0 fully saturated rings. The molecule has 3 aromatic heterocycles. The van der Waals surface area contributed by atoms with Crippen molar-refractivity contribution < 1.29 is 4.74 Å². The van der Waals surface area contributed by atoms with Gasteiger partial charge in [0.25, 0.3) is 0 Å². The number of tetrazole rings is 1. The SMILES string of the molecule is C=CC(Cc1nnn[nH]1)c1ccc(OCc2ccc3scc(-c4nccnc4C)c3c2)cc1. The third-order valence-corrected chi connectivity index (χ3v) is 6.54. The molecule has 7 nitrogen and oxygen atoms in total. The molecule has 2 aromatic carbocycles. The van der Waals surface area contributed by atoms with Crippen LogP contribution in [0.5, 0.6) is 5.75 Å². The topological polar surface area (TPSA) is 89.5 Å². The van der Waals surface area contributed by atoms with Crippen molar-refractivity contribution >= 4 is 21.4 Å². The number of aryl methyl sites for hydroxylation is 1. The maximum absolute atomic E-state index is 6.07. The van der Waals surface area contributed by atoms with Crippen molar-refractivity contribution in [3.8, 4) is 17.0 Å². The van der Waals surface area contributed by atoms with E-state index in [-0.39, 0.29) is 5.92 Å². The highest BCUT2D eigenvalue weighted by Gasteiger charge is 2.13. The summed E-state index contributed by atoms with van der Waals surface area (Å²) in [4.78, 5) is 8.93. The monoisotopic (exact) mass is 454 g/mol. The van der Waals surface area contributed by atoms with E-state index in [4.69, 9.17) is 4.74 Å². The number of aromatic amines is 1. The molecule has 0 aliphatic rings. The molecule has 8 heteroatoms. The first-order valence-electron chi connectivity index (χ1n) is 10.6. The molecule has 0 amide bonds. The minimum atomic E-state index is 0.123. The molecule has 0 saturated heterocycles. The van der Waals surface area contributed by atoms with Crippen LogP contribution in [-0.2, 0) is 13.0 Å². The highest BCUT2D eigenvalue weighted by Crippen LogP contribution is 2.34. The predicted molar refractivity (Wildman–Crippen MR) is 129 cm³/mol. The number of thiophene rings is 1. The molecule has 1 N–H and O–H groups in total. The Hall–Kier alpha value is -3.91. The lowest BCUT2D eigenvalue weighted by atomic mass is 9.95. The van der Waals surface area contributed by atoms with E-state index in [9.17, 15) is 0 Å². The minimum Gasteiger partial charge on any atom is -0.489 e. The largest absolute Gasteiger partial charge is 0.489 e. The molecule has 164 valence electrons. The Balaban J connectivity index is 1.30. The average molecular weight is 455 g/mol. The Kier molecular flexibility index (Phi) is 5.91. The maximum Gasteiger partial charge on any atom is 0.149 e. The molecule has 0 aliphatic carbocycles. The first kappa shape index (κ1) is 21.0. The average Bonchev–Trinajstić information content (AvgIpc) is 3.52. The summed E-state index contributed by atoms with van der Waals surface area (Å²) >= 11 is 1.72. The van der Waals surface area contributed by atoms with Crippen LogP contribution in [0.2, 0.25) is 0 Å². The highest BCUT2D eigenvalue weighted by atomic mass is 32.1. The van der Waals surface area contributed by atoms with Gasteiger partial charge in [-0.25, -0.2) is 5.10 Å². The highest BCUT2D eigenvalue weighted by molar-refractivity contribution is 7.17. The minimum absolute atomic E-state index is 0.123. The van der Waals surface area contributed by atoms with Crippen LogP contribution >= 0.6 is 11.3 Å². The van der Waals surface area contributed by atoms with Crippen molar-refractivity contribution in [3.63, 3.8) is 0 Å². The van der Waals surface area contributed by atoms with Crippen molar-refractivity contribution in [2.75, 3.05) is 0 Å². The van der Waals surface area contributed by atoms with Gasteiger partial charge >= 0.3 is 0 Å². The fourth-order valence-corrected chi connectivity index (χ4v) is 4.74. The van der Waals surface area contributed by atoms with Gasteiger partial charge in [0.2, 0.25) is 0 Å². The standard InChI is InChI=1S/C25H22N6OS/c1-3-18(13-24-28-30-31-29-24)19-5-7-20(8-6-19)32-14-17-4-9-23-21(12-17)22(15-33-23)25-16(2)26-10-11-27-25/h3-12,15,18H,1,13-14H2,2H3,(H,28,29,30,31). The number of benzene rings is 2. The molecule has 3 heterocycles. The number of ether oxygens (including phenoxy) is 1. The van der Waals surface area contributed by atoms with E-state index in [1.807, 2.05) is 25.1 Å². The van der Waals surface area contributed by atoms with Crippen molar-refractivity contribution in [3.05, 3.63) is 95.5 Å². The van der Waals surface area contributed by atoms with Crippen molar-refractivity contribution in [2.24, 2.45) is 0 Å². The summed E-state index contributed by atoms with van der Waals surface area (Å²) in [7, 11) is 0. The second-order valence-corrected chi connectivity index (χ2v) is 8.63. The lowest BCUT2D eigenvalue weighted by molar-refractivity contribution is 0.306. The molecule has 1 atom stereocenters. The maximum atomic E-state index is 6.07. The molecular formula is C25H22N6OS. The first-order chi connectivity index (χ1) is 16.2. The number of nitrogens with one attached hydrogen (secondary N) is 1. The van der Waals surface area contributed by atoms with E-state index < -0.39 is 0 Å². The molecular weight excluding hydrogens is 432 g/mol. The van der Waals surface area contributed by atoms with Crippen LogP contribution in [0, 0.1) is 6.92 Å². The zero-order valence-electron chi connectivity index (χ0n) is 18.1. The smallest absolute Gasteiger partial charge is 0.149 e. The Morgan fingerprint density at radius 1 is 1.12 bits per heavy atom. The van der Waals surface area contributed by atoms with Crippen molar-refractivity contribution in [2.45, 2.75) is 25.9 Å². The second kappa shape index (κ2) is 9.30. The van der Waals surface area contributed by atoms with E-state index in [2.05, 4.69) is 72.9 Å². The molecule has 0 radical (unpaired) electrons. The van der Waals surface area contributed by atoms with Crippen molar-refractivity contribution in [1.29, 1.82) is 0 Å². The third kappa shape index (κ3) is 4.51. The van der Waals surface area contributed by atoms with Gasteiger partial charge < -0.3 is 4.74 Å². The first-order valence-corrected chi connectivity index (χ1v) is 11.5. The van der Waals surface area contributed by atoms with E-state index in [1.165, 1.54) is 10.1 Å². The predicted octanol–water partition coefficient (Wildman–Crippen LogP) is 5.27. The van der Waals surface area contributed by atoms with Crippen LogP contribution < -0.4 is 4.74 Å². The number of H-pyrrole nitrogens is 1. The summed E-state index contributed by atoms with van der Waals surface area (Å²) in [5.74, 6) is 1.68. The quantitative estimate of drug-likeness (QED) is 0.321. The van der Waals surface area contributed by atoms with Gasteiger partial charge in [-0.2, -0.15) is 0 Å². The van der Waals surface area contributed by atoms with Crippen LogP contribution in [0.1, 0.15) is 28.6 Å². The molecule has 0 spiro atoms. The van der Waals surface area contributed by atoms with Crippen LogP contribution in [-0.4, -0.2) is 30.6 Å². The Labute approximate surface area is 195 Å². The van der Waals surface area contributed by atoms with Gasteiger partial charge in [-0.15, -0.1) is 23.0 Å². The van der Waals surface area contributed by atoms with Gasteiger partial charge in [0.1, 0.15) is 18.2 Å². The van der Waals surface area contributed by atoms with Gasteiger partial charge in [-0.05, 0) is 52.7 Å². The Bertz CT molecular complexity index is 1380. The van der Waals surface area contributed by atoms with Crippen LogP contribution in [0.15, 0.2) is 72.9 Å². The van der Waals surface area contributed by atoms with E-state index in [0.29, 0.717) is 13.0 Å². The number of hydrogen-bond donors (Lipinski definition) is 1. The summed E-state index contributed by atoms with van der Waals surface area (Å²) in [6, 6.07) is 14.5. The number of nitrogens with zero attached hydrogens (tertiary/aromatic N) is 5. The molecule has 33 heavy (non-hydrogen) atoms. The molecule has 0 bridgehead atoms. The number of hydrogen-bond acceptors (Lipinski definition) is 7. The zero-order chi connectivity index (χ0) is 22.6. The normalized spacial score (nSPS) is 12.0. The van der Waals surface area contributed by atoms with Gasteiger partial charge in [-0.1, -0.05) is 24.3 Å². The molecule has 0 aliphatic heterocycles. The fourth-order valence-electron chi connectivity index (χ4n) is 3.81. The van der Waals surface area contributed by atoms with Crippen LogP contribution in [0.3, 0.4) is 0 Å². The zero-order valence-corrected chi connectivity index (χ0v) is 18.9. The fraction of sp³-hybridized carbons (Fsp3) is 0.160. The van der Waals surface area contributed by atoms with E-state index in [0.717, 1.165) is 39.7 Å². The van der Waals surface area contributed by atoms with Crippen molar-refractivity contribution in [1.82, 2.24) is 30.6 Å². The van der Waals surface area contributed by atoms with Gasteiger partial charge in [0, 0.05) is 45.8 Å². The summed E-state index contributed by atoms with van der Waals surface area (Å²) in [6.07, 6.45) is 6.04. The van der Waals surface area contributed by atoms with Gasteiger partial charge in [-0.3, -0.25) is 9.97 Å². The van der Waals surface area contributed by atoms with Gasteiger partial charge in [0.05, 0.1) is 11.4 Å². The Morgan fingerprint density at radius 2 is 1.97 bits per heavy atom. The molecule has 5 rings (SSSR count). The Morgan fingerprint density at radius 3 is 2.73 bits per heavy atom. The summed E-state index contributed by atoms with van der Waals surface area (Å²) in [5, 5.41) is 17.3. The summed E-state index contributed by atoms with van der Waals surface area (Å²) in [5.41, 5.74) is 5.21. The lowest BCUT2D eigenvalue weighted by Crippen LogP contribution is -2.02. The third-order valence-electron chi connectivity index (χ3n) is 5.57. The van der Waals surface area contributed by atoms with E-state index in [1.54, 1.807) is 23.7 Å². The van der Waals surface area contributed by atoms with Crippen LogP contribution in [0.4, 0.5) is 0 Å². The number of allylic oxidation sites excluding steroid dienone is 1. The molecule has 0 saturated carbocycles. The molecule has 5 aromatic rings. The van der Waals surface area contributed by atoms with Crippen LogP contribution in [0.25, 0.3) is 21.3 Å². The molecule has 1 unspecified atom stereocenters. The van der Waals surface area contributed by atoms with Gasteiger partial charge in [0.15, 0.2) is 0 Å². The summed E-state index contributed by atoms with van der Waals surface area (Å²) < 4.78 is 7.29. The summed E-state index contributed by atoms with van der Waals surface area (Å²) in [6.45, 7) is 6.42. The number of rotatable bonds is 8. The number of fused-ring (bicyclic) bond motifs is 1. The van der Waals surface area contributed by atoms with E-state index >= 15 is 0 Å². The number of aromatic nitrogens is 6. The second-order valence-electron chi connectivity index (χ2n) is 7.72.